The van der Waals surface area contributed by atoms with Crippen molar-refractivity contribution < 1.29 is 14.3 Å². The first-order chi connectivity index (χ1) is 14.4. The van der Waals surface area contributed by atoms with Gasteiger partial charge in [-0.15, -0.1) is 0 Å². The van der Waals surface area contributed by atoms with E-state index in [0.29, 0.717) is 50.1 Å². The molecule has 30 heavy (non-hydrogen) atoms. The summed E-state index contributed by atoms with van der Waals surface area (Å²) >= 11 is 0. The van der Waals surface area contributed by atoms with E-state index in [4.69, 9.17) is 4.74 Å². The third-order valence-electron chi connectivity index (χ3n) is 5.97. The van der Waals surface area contributed by atoms with Crippen LogP contribution >= 0.6 is 0 Å². The van der Waals surface area contributed by atoms with Crippen LogP contribution in [-0.4, -0.2) is 69.6 Å². The highest BCUT2D eigenvalue weighted by Gasteiger charge is 2.33. The molecule has 2 aliphatic heterocycles. The number of piperidine rings is 1. The van der Waals surface area contributed by atoms with Gasteiger partial charge in [0.1, 0.15) is 6.54 Å². The monoisotopic (exact) mass is 412 g/mol. The second-order valence-corrected chi connectivity index (χ2v) is 8.33. The van der Waals surface area contributed by atoms with Crippen molar-refractivity contribution in [2.45, 2.75) is 45.4 Å². The molecule has 2 amide bonds. The number of amides is 2. The lowest BCUT2D eigenvalue weighted by atomic mass is 9.94. The number of hydrogen-bond acceptors (Lipinski definition) is 5. The lowest BCUT2D eigenvalue weighted by Gasteiger charge is -2.39. The molecular formula is C22H28N4O4. The fourth-order valence-corrected chi connectivity index (χ4v) is 4.50. The Morgan fingerprint density at radius 1 is 1.07 bits per heavy atom. The van der Waals surface area contributed by atoms with E-state index in [1.807, 2.05) is 36.9 Å². The molecule has 1 aromatic heterocycles. The fourth-order valence-electron chi connectivity index (χ4n) is 4.50. The van der Waals surface area contributed by atoms with Crippen LogP contribution in [0.4, 0.5) is 0 Å². The largest absolute Gasteiger partial charge is 0.372 e. The van der Waals surface area contributed by atoms with Crippen LogP contribution in [0.3, 0.4) is 0 Å². The number of rotatable bonds is 3. The number of ether oxygens (including phenoxy) is 1. The lowest BCUT2D eigenvalue weighted by molar-refractivity contribution is -0.150. The minimum Gasteiger partial charge on any atom is -0.372 e. The molecule has 0 spiro atoms. The molecule has 8 heteroatoms. The molecule has 2 fully saturated rings. The number of morpholine rings is 1. The van der Waals surface area contributed by atoms with Gasteiger partial charge in [0.25, 0.3) is 5.56 Å². The van der Waals surface area contributed by atoms with Gasteiger partial charge >= 0.3 is 0 Å². The van der Waals surface area contributed by atoms with Crippen molar-refractivity contribution in [3.63, 3.8) is 0 Å². The molecule has 8 nitrogen and oxygen atoms in total. The number of aromatic nitrogens is 2. The van der Waals surface area contributed by atoms with Crippen molar-refractivity contribution >= 4 is 22.8 Å². The number of carbonyl (C=O) groups is 2. The second-order valence-electron chi connectivity index (χ2n) is 8.33. The van der Waals surface area contributed by atoms with Crippen molar-refractivity contribution in [2.75, 3.05) is 26.2 Å². The predicted octanol–water partition coefficient (Wildman–Crippen LogP) is 1.27. The molecular weight excluding hydrogens is 384 g/mol. The summed E-state index contributed by atoms with van der Waals surface area (Å²) in [5, 5.41) is 0. The average Bonchev–Trinajstić information content (AvgIpc) is 2.74. The Labute approximate surface area is 175 Å². The topological polar surface area (TPSA) is 84.7 Å². The normalized spacial score (nSPS) is 23.0. The molecule has 2 aromatic rings. The van der Waals surface area contributed by atoms with E-state index in [2.05, 4.69) is 4.98 Å². The quantitative estimate of drug-likeness (QED) is 0.758. The third-order valence-corrected chi connectivity index (χ3v) is 5.97. The third kappa shape index (κ3) is 4.23. The van der Waals surface area contributed by atoms with Crippen LogP contribution in [-0.2, 0) is 20.9 Å². The summed E-state index contributed by atoms with van der Waals surface area (Å²) in [6.45, 7) is 6.27. The molecule has 0 N–H and O–H groups in total. The Kier molecular flexibility index (Phi) is 5.85. The van der Waals surface area contributed by atoms with Gasteiger partial charge in [-0.3, -0.25) is 19.0 Å². The van der Waals surface area contributed by atoms with Crippen LogP contribution in [0.2, 0.25) is 0 Å². The molecule has 1 aromatic carbocycles. The Bertz CT molecular complexity index is 986. The fraction of sp³-hybridized carbons (Fsp3) is 0.545. The smallest absolute Gasteiger partial charge is 0.269 e. The Balaban J connectivity index is 1.38. The zero-order chi connectivity index (χ0) is 21.3. The van der Waals surface area contributed by atoms with Crippen LogP contribution in [0.1, 0.15) is 26.7 Å². The predicted molar refractivity (Wildman–Crippen MR) is 112 cm³/mol. The van der Waals surface area contributed by atoms with Crippen molar-refractivity contribution in [1.82, 2.24) is 19.4 Å². The van der Waals surface area contributed by atoms with Crippen LogP contribution < -0.4 is 5.56 Å². The molecule has 2 atom stereocenters. The maximum absolute atomic E-state index is 12.9. The van der Waals surface area contributed by atoms with Gasteiger partial charge < -0.3 is 14.5 Å². The van der Waals surface area contributed by atoms with Gasteiger partial charge in [0.2, 0.25) is 11.8 Å². The summed E-state index contributed by atoms with van der Waals surface area (Å²) in [4.78, 5) is 45.9. The number of benzene rings is 1. The van der Waals surface area contributed by atoms with Crippen LogP contribution in [0, 0.1) is 5.92 Å². The molecule has 0 aliphatic carbocycles. The number of nitrogens with zero attached hydrogens (tertiary/aromatic N) is 4. The van der Waals surface area contributed by atoms with Gasteiger partial charge in [-0.1, -0.05) is 12.1 Å². The van der Waals surface area contributed by atoms with Crippen molar-refractivity contribution in [3.8, 4) is 0 Å². The first-order valence-corrected chi connectivity index (χ1v) is 10.6. The number of hydrogen-bond donors (Lipinski definition) is 0. The van der Waals surface area contributed by atoms with Gasteiger partial charge in [-0.2, -0.15) is 0 Å². The average molecular weight is 412 g/mol. The first-order valence-electron chi connectivity index (χ1n) is 10.6. The lowest BCUT2D eigenvalue weighted by Crippen LogP contribution is -2.52. The second kappa shape index (κ2) is 8.55. The maximum Gasteiger partial charge on any atom is 0.269 e. The number of likely N-dealkylation sites (tertiary alicyclic amines) is 1. The van der Waals surface area contributed by atoms with E-state index >= 15 is 0 Å². The zero-order valence-electron chi connectivity index (χ0n) is 17.5. The van der Waals surface area contributed by atoms with Gasteiger partial charge in [0.15, 0.2) is 0 Å². The molecule has 0 radical (unpaired) electrons. The molecule has 2 saturated heterocycles. The van der Waals surface area contributed by atoms with Crippen LogP contribution in [0.5, 0.6) is 0 Å². The Hall–Kier alpha value is -2.74. The van der Waals surface area contributed by atoms with Crippen LogP contribution in [0.25, 0.3) is 11.0 Å². The molecule has 2 unspecified atom stereocenters. The minimum atomic E-state index is -0.289. The number of fused-ring (bicyclic) bond motifs is 1. The van der Waals surface area contributed by atoms with Gasteiger partial charge in [0.05, 0.1) is 29.4 Å². The Morgan fingerprint density at radius 3 is 2.43 bits per heavy atom. The van der Waals surface area contributed by atoms with Crippen molar-refractivity contribution in [3.05, 3.63) is 40.8 Å². The molecule has 4 rings (SSSR count). The molecule has 0 saturated carbocycles. The number of carbonyl (C=O) groups excluding carboxylic acids is 2. The molecule has 160 valence electrons. The highest BCUT2D eigenvalue weighted by Crippen LogP contribution is 2.22. The summed E-state index contributed by atoms with van der Waals surface area (Å²) in [5.74, 6) is 0.00411. The molecule has 2 aliphatic rings. The van der Waals surface area contributed by atoms with Gasteiger partial charge in [-0.05, 0) is 38.8 Å². The van der Waals surface area contributed by atoms with Crippen molar-refractivity contribution in [1.29, 1.82) is 0 Å². The van der Waals surface area contributed by atoms with E-state index in [0.717, 1.165) is 0 Å². The van der Waals surface area contributed by atoms with E-state index < -0.39 is 0 Å². The zero-order valence-corrected chi connectivity index (χ0v) is 17.5. The Morgan fingerprint density at radius 2 is 1.73 bits per heavy atom. The summed E-state index contributed by atoms with van der Waals surface area (Å²) in [5.41, 5.74) is 1.05. The van der Waals surface area contributed by atoms with Gasteiger partial charge in [-0.25, -0.2) is 4.98 Å². The van der Waals surface area contributed by atoms with E-state index in [-0.39, 0.29) is 42.0 Å². The summed E-state index contributed by atoms with van der Waals surface area (Å²) in [6, 6.07) is 7.30. The van der Waals surface area contributed by atoms with Crippen molar-refractivity contribution in [2.24, 2.45) is 5.92 Å². The highest BCUT2D eigenvalue weighted by molar-refractivity contribution is 5.81. The van der Waals surface area contributed by atoms with E-state index in [1.54, 1.807) is 11.0 Å². The first kappa shape index (κ1) is 20.5. The minimum absolute atomic E-state index is 0.0149. The highest BCUT2D eigenvalue weighted by atomic mass is 16.5. The summed E-state index contributed by atoms with van der Waals surface area (Å²) < 4.78 is 7.19. The SMILES string of the molecule is CC1CN(C(=O)C2CCN(C(=O)Cn3c(=O)cnc4ccccc43)CC2)CC(C)O1. The molecule has 3 heterocycles. The molecule has 0 bridgehead atoms. The van der Waals surface area contributed by atoms with Gasteiger partial charge in [0, 0.05) is 32.1 Å². The van der Waals surface area contributed by atoms with E-state index in [9.17, 15) is 14.4 Å². The number of para-hydroxylation sites is 2. The van der Waals surface area contributed by atoms with Crippen LogP contribution in [0.15, 0.2) is 35.3 Å². The standard InChI is InChI=1S/C22H28N4O4/c1-15-12-25(13-16(2)30-15)22(29)17-7-9-24(10-8-17)21(28)14-26-19-6-4-3-5-18(19)23-11-20(26)27/h3-6,11,15-17H,7-10,12-14H2,1-2H3. The maximum atomic E-state index is 12.9. The summed E-state index contributed by atoms with van der Waals surface area (Å²) in [6.07, 6.45) is 2.65. The van der Waals surface area contributed by atoms with E-state index in [1.165, 1.54) is 10.8 Å². The summed E-state index contributed by atoms with van der Waals surface area (Å²) in [7, 11) is 0.